The monoisotopic (exact) mass is 359 g/mol. The van der Waals surface area contributed by atoms with Crippen molar-refractivity contribution in [2.75, 3.05) is 12.0 Å². The number of anilines is 1. The predicted molar refractivity (Wildman–Crippen MR) is 99.5 cm³/mol. The average molecular weight is 359 g/mol. The van der Waals surface area contributed by atoms with Gasteiger partial charge in [-0.1, -0.05) is 26.0 Å². The molecule has 3 rings (SSSR count). The quantitative estimate of drug-likeness (QED) is 0.751. The summed E-state index contributed by atoms with van der Waals surface area (Å²) < 4.78 is 5.21. The van der Waals surface area contributed by atoms with E-state index >= 15 is 0 Å². The van der Waals surface area contributed by atoms with Crippen molar-refractivity contribution in [3.05, 3.63) is 51.6 Å². The van der Waals surface area contributed by atoms with Gasteiger partial charge in [-0.15, -0.1) is 23.1 Å². The van der Waals surface area contributed by atoms with Crippen molar-refractivity contribution < 1.29 is 14.3 Å². The number of imide groups is 1. The fourth-order valence-corrected chi connectivity index (χ4v) is 4.29. The third-order valence-electron chi connectivity index (χ3n) is 3.47. The number of amides is 2. The summed E-state index contributed by atoms with van der Waals surface area (Å²) in [5, 5.41) is 2.11. The van der Waals surface area contributed by atoms with Crippen molar-refractivity contribution in [3.8, 4) is 5.75 Å². The van der Waals surface area contributed by atoms with Gasteiger partial charge in [0.15, 0.2) is 0 Å². The lowest BCUT2D eigenvalue weighted by Crippen LogP contribution is -2.31. The molecule has 6 heteroatoms. The minimum Gasteiger partial charge on any atom is -0.497 e. The number of ether oxygens (including phenoxy) is 1. The van der Waals surface area contributed by atoms with Gasteiger partial charge in [0, 0.05) is 16.2 Å². The van der Waals surface area contributed by atoms with Gasteiger partial charge in [0.1, 0.15) is 5.75 Å². The molecule has 1 aliphatic heterocycles. The third-order valence-corrected chi connectivity index (χ3v) is 5.45. The highest BCUT2D eigenvalue weighted by atomic mass is 32.2. The summed E-state index contributed by atoms with van der Waals surface area (Å²) in [4.78, 5) is 28.5. The molecule has 1 aliphatic rings. The molecule has 1 aromatic carbocycles. The number of thiophene rings is 1. The van der Waals surface area contributed by atoms with Gasteiger partial charge >= 0.3 is 0 Å². The minimum atomic E-state index is -0.279. The third kappa shape index (κ3) is 2.99. The van der Waals surface area contributed by atoms with Crippen LogP contribution >= 0.6 is 23.1 Å². The fourth-order valence-electron chi connectivity index (χ4n) is 2.48. The lowest BCUT2D eigenvalue weighted by molar-refractivity contribution is -0.119. The first kappa shape index (κ1) is 16.8. The Bertz CT molecular complexity index is 809. The van der Waals surface area contributed by atoms with E-state index in [1.807, 2.05) is 31.4 Å². The average Bonchev–Trinajstić information content (AvgIpc) is 3.15. The Balaban J connectivity index is 2.07. The molecule has 24 heavy (non-hydrogen) atoms. The Kier molecular flexibility index (Phi) is 4.78. The summed E-state index contributed by atoms with van der Waals surface area (Å²) in [6, 6.07) is 10.8. The number of carbonyl (C=O) groups is 2. The summed E-state index contributed by atoms with van der Waals surface area (Å²) in [7, 11) is 1.56. The van der Waals surface area contributed by atoms with Crippen LogP contribution in [0, 0.1) is 0 Å². The SMILES string of the molecule is COc1cccc(N2C(=O)C(SC(C)C)=C(c3cccs3)C2=O)c1. The van der Waals surface area contributed by atoms with Gasteiger partial charge in [0.25, 0.3) is 11.8 Å². The first-order valence-corrected chi connectivity index (χ1v) is 9.26. The summed E-state index contributed by atoms with van der Waals surface area (Å²) in [5.41, 5.74) is 1.02. The number of hydrogen-bond acceptors (Lipinski definition) is 5. The molecule has 0 bridgehead atoms. The van der Waals surface area contributed by atoms with Crippen LogP contribution in [0.5, 0.6) is 5.75 Å². The van der Waals surface area contributed by atoms with Crippen molar-refractivity contribution in [3.63, 3.8) is 0 Å². The molecule has 0 fully saturated rings. The number of rotatable bonds is 5. The Morgan fingerprint density at radius 1 is 1.12 bits per heavy atom. The minimum absolute atomic E-state index is 0.206. The normalized spacial score (nSPS) is 14.9. The smallest absolute Gasteiger partial charge is 0.272 e. The summed E-state index contributed by atoms with van der Waals surface area (Å²) in [6.45, 7) is 4.02. The van der Waals surface area contributed by atoms with Crippen LogP contribution in [0.2, 0.25) is 0 Å². The van der Waals surface area contributed by atoms with E-state index in [1.54, 1.807) is 31.4 Å². The zero-order chi connectivity index (χ0) is 17.3. The van der Waals surface area contributed by atoms with Gasteiger partial charge < -0.3 is 4.74 Å². The van der Waals surface area contributed by atoms with Gasteiger partial charge in [-0.3, -0.25) is 9.59 Å². The van der Waals surface area contributed by atoms with Crippen LogP contribution in [-0.2, 0) is 9.59 Å². The van der Waals surface area contributed by atoms with E-state index in [9.17, 15) is 9.59 Å². The molecule has 2 aromatic rings. The largest absolute Gasteiger partial charge is 0.497 e. The zero-order valence-corrected chi connectivity index (χ0v) is 15.2. The second-order valence-electron chi connectivity index (χ2n) is 5.50. The second-order valence-corrected chi connectivity index (χ2v) is 8.03. The first-order chi connectivity index (χ1) is 11.5. The number of thioether (sulfide) groups is 1. The van der Waals surface area contributed by atoms with Crippen molar-refractivity contribution in [1.29, 1.82) is 0 Å². The number of nitrogens with zero attached hydrogens (tertiary/aromatic N) is 1. The van der Waals surface area contributed by atoms with Crippen LogP contribution in [-0.4, -0.2) is 24.2 Å². The van der Waals surface area contributed by atoms with Gasteiger partial charge in [-0.05, 0) is 23.6 Å². The highest BCUT2D eigenvalue weighted by Crippen LogP contribution is 2.41. The summed E-state index contributed by atoms with van der Waals surface area (Å²) in [6.07, 6.45) is 0. The van der Waals surface area contributed by atoms with E-state index in [1.165, 1.54) is 28.0 Å². The van der Waals surface area contributed by atoms with E-state index < -0.39 is 0 Å². The van der Waals surface area contributed by atoms with Gasteiger partial charge in [-0.25, -0.2) is 4.90 Å². The maximum atomic E-state index is 13.0. The van der Waals surface area contributed by atoms with E-state index in [2.05, 4.69) is 0 Å². The zero-order valence-electron chi connectivity index (χ0n) is 13.6. The van der Waals surface area contributed by atoms with Crippen molar-refractivity contribution in [2.24, 2.45) is 0 Å². The number of methoxy groups -OCH3 is 1. The summed E-state index contributed by atoms with van der Waals surface area (Å²) >= 11 is 2.90. The van der Waals surface area contributed by atoms with E-state index in [0.29, 0.717) is 21.9 Å². The summed E-state index contributed by atoms with van der Waals surface area (Å²) in [5.74, 6) is 0.0601. The molecule has 1 aromatic heterocycles. The van der Waals surface area contributed by atoms with Crippen LogP contribution in [0.3, 0.4) is 0 Å². The number of hydrogen-bond donors (Lipinski definition) is 0. The lowest BCUT2D eigenvalue weighted by atomic mass is 10.2. The van der Waals surface area contributed by atoms with Crippen LogP contribution in [0.25, 0.3) is 5.57 Å². The maximum Gasteiger partial charge on any atom is 0.272 e. The van der Waals surface area contributed by atoms with Crippen molar-refractivity contribution in [1.82, 2.24) is 0 Å². The molecular weight excluding hydrogens is 342 g/mol. The Hall–Kier alpha value is -2.05. The molecule has 0 atom stereocenters. The topological polar surface area (TPSA) is 46.6 Å². The highest BCUT2D eigenvalue weighted by molar-refractivity contribution is 8.04. The standard InChI is InChI=1S/C18H17NO3S2/c1-11(2)24-16-15(14-8-5-9-23-14)17(20)19(18(16)21)12-6-4-7-13(10-12)22-3/h4-11H,1-3H3. The van der Waals surface area contributed by atoms with Crippen LogP contribution in [0.1, 0.15) is 18.7 Å². The lowest BCUT2D eigenvalue weighted by Gasteiger charge is -2.16. The Labute approximate surface area is 149 Å². The van der Waals surface area contributed by atoms with Crippen LogP contribution in [0.4, 0.5) is 5.69 Å². The molecule has 124 valence electrons. The first-order valence-electron chi connectivity index (χ1n) is 7.50. The van der Waals surface area contributed by atoms with Gasteiger partial charge in [-0.2, -0.15) is 0 Å². The molecular formula is C18H17NO3S2. The molecule has 0 aliphatic carbocycles. The molecule has 0 N–H and O–H groups in total. The predicted octanol–water partition coefficient (Wildman–Crippen LogP) is 4.18. The van der Waals surface area contributed by atoms with Crippen molar-refractivity contribution >= 4 is 46.2 Å². The van der Waals surface area contributed by atoms with E-state index in [-0.39, 0.29) is 17.1 Å². The molecule has 0 radical (unpaired) electrons. The Morgan fingerprint density at radius 3 is 2.54 bits per heavy atom. The molecule has 0 saturated carbocycles. The molecule has 4 nitrogen and oxygen atoms in total. The molecule has 0 saturated heterocycles. The van der Waals surface area contributed by atoms with E-state index in [0.717, 1.165) is 4.88 Å². The Morgan fingerprint density at radius 2 is 1.92 bits per heavy atom. The molecule has 2 amide bonds. The molecule has 2 heterocycles. The van der Waals surface area contributed by atoms with E-state index in [4.69, 9.17) is 4.74 Å². The van der Waals surface area contributed by atoms with Crippen LogP contribution in [0.15, 0.2) is 46.7 Å². The molecule has 0 unspecified atom stereocenters. The number of benzene rings is 1. The fraction of sp³-hybridized carbons (Fsp3) is 0.222. The molecule has 0 spiro atoms. The second kappa shape index (κ2) is 6.83. The van der Waals surface area contributed by atoms with Gasteiger partial charge in [0.2, 0.25) is 0 Å². The van der Waals surface area contributed by atoms with Crippen LogP contribution < -0.4 is 9.64 Å². The van der Waals surface area contributed by atoms with Gasteiger partial charge in [0.05, 0.1) is 23.3 Å². The van der Waals surface area contributed by atoms with Crippen molar-refractivity contribution in [2.45, 2.75) is 19.1 Å². The number of carbonyl (C=O) groups excluding carboxylic acids is 2. The maximum absolute atomic E-state index is 13.0. The highest BCUT2D eigenvalue weighted by Gasteiger charge is 2.41.